The third-order valence-electron chi connectivity index (χ3n) is 2.18. The van der Waals surface area contributed by atoms with E-state index in [2.05, 4.69) is 19.2 Å². The van der Waals surface area contributed by atoms with Crippen LogP contribution in [0.1, 0.15) is 47.0 Å². The number of carbonyl (C=O) groups excluding carboxylic acids is 2. The number of hydrogen-bond acceptors (Lipinski definition) is 2. The van der Waals surface area contributed by atoms with Crippen molar-refractivity contribution in [3.8, 4) is 0 Å². The molecular weight excluding hydrogens is 190 g/mol. The molecule has 1 amide bonds. The molecule has 3 heteroatoms. The standard InChI is InChI=1S/C12H23NO2/c1-9(2)5-6-12(15)13-11(8-14)7-10(3)4/h8-11H,5-7H2,1-4H3,(H,13,15). The SMILES string of the molecule is CC(C)CCC(=O)NC(C=O)CC(C)C. The lowest BCUT2D eigenvalue weighted by molar-refractivity contribution is -0.124. The molecule has 0 radical (unpaired) electrons. The summed E-state index contributed by atoms with van der Waals surface area (Å²) in [5.74, 6) is 0.933. The Hall–Kier alpha value is -0.860. The molecule has 1 unspecified atom stereocenters. The second-order valence-electron chi connectivity index (χ2n) is 4.87. The van der Waals surface area contributed by atoms with Crippen LogP contribution in [0.15, 0.2) is 0 Å². The molecule has 1 N–H and O–H groups in total. The first kappa shape index (κ1) is 14.1. The molecule has 0 aliphatic carbocycles. The van der Waals surface area contributed by atoms with E-state index in [1.54, 1.807) is 0 Å². The molecule has 0 aromatic carbocycles. The van der Waals surface area contributed by atoms with Gasteiger partial charge in [-0.3, -0.25) is 4.79 Å². The summed E-state index contributed by atoms with van der Waals surface area (Å²) in [7, 11) is 0. The van der Waals surface area contributed by atoms with Crippen LogP contribution in [0.4, 0.5) is 0 Å². The van der Waals surface area contributed by atoms with E-state index in [1.165, 1.54) is 0 Å². The Kier molecular flexibility index (Phi) is 7.01. The van der Waals surface area contributed by atoms with E-state index < -0.39 is 0 Å². The second-order valence-corrected chi connectivity index (χ2v) is 4.87. The Bertz CT molecular complexity index is 200. The summed E-state index contributed by atoms with van der Waals surface area (Å²) in [6.45, 7) is 8.24. The van der Waals surface area contributed by atoms with Crippen LogP contribution in [0.3, 0.4) is 0 Å². The zero-order valence-corrected chi connectivity index (χ0v) is 10.2. The first-order valence-electron chi connectivity index (χ1n) is 5.70. The molecule has 0 spiro atoms. The maximum absolute atomic E-state index is 11.4. The molecule has 88 valence electrons. The highest BCUT2D eigenvalue weighted by atomic mass is 16.2. The Morgan fingerprint density at radius 2 is 1.80 bits per heavy atom. The van der Waals surface area contributed by atoms with E-state index in [4.69, 9.17) is 0 Å². The van der Waals surface area contributed by atoms with E-state index in [0.717, 1.165) is 19.1 Å². The summed E-state index contributed by atoms with van der Waals surface area (Å²) in [6, 6.07) is -0.315. The predicted octanol–water partition coefficient (Wildman–Crippen LogP) is 2.15. The van der Waals surface area contributed by atoms with Crippen LogP contribution >= 0.6 is 0 Å². The second kappa shape index (κ2) is 7.43. The molecule has 0 saturated carbocycles. The minimum Gasteiger partial charge on any atom is -0.347 e. The minimum atomic E-state index is -0.315. The van der Waals surface area contributed by atoms with Crippen molar-refractivity contribution in [1.82, 2.24) is 5.32 Å². The van der Waals surface area contributed by atoms with Gasteiger partial charge in [-0.1, -0.05) is 27.7 Å². The van der Waals surface area contributed by atoms with E-state index in [0.29, 0.717) is 18.3 Å². The van der Waals surface area contributed by atoms with Crippen LogP contribution < -0.4 is 5.32 Å². The van der Waals surface area contributed by atoms with Gasteiger partial charge < -0.3 is 10.1 Å². The normalized spacial score (nSPS) is 12.9. The zero-order valence-electron chi connectivity index (χ0n) is 10.2. The quantitative estimate of drug-likeness (QED) is 0.659. The maximum Gasteiger partial charge on any atom is 0.220 e. The molecule has 3 nitrogen and oxygen atoms in total. The van der Waals surface area contributed by atoms with Gasteiger partial charge in [0.25, 0.3) is 0 Å². The Labute approximate surface area is 92.6 Å². The van der Waals surface area contributed by atoms with Crippen LogP contribution in [-0.4, -0.2) is 18.2 Å². The zero-order chi connectivity index (χ0) is 11.8. The first-order valence-corrected chi connectivity index (χ1v) is 5.70. The molecule has 15 heavy (non-hydrogen) atoms. The topological polar surface area (TPSA) is 46.2 Å². The fourth-order valence-corrected chi connectivity index (χ4v) is 1.36. The molecule has 0 rings (SSSR count). The summed E-state index contributed by atoms with van der Waals surface area (Å²) < 4.78 is 0. The molecule has 0 saturated heterocycles. The van der Waals surface area contributed by atoms with Crippen molar-refractivity contribution < 1.29 is 9.59 Å². The molecule has 0 bridgehead atoms. The molecule has 0 aromatic rings. The highest BCUT2D eigenvalue weighted by molar-refractivity contribution is 5.79. The third kappa shape index (κ3) is 8.16. The summed E-state index contributed by atoms with van der Waals surface area (Å²) in [5, 5.41) is 2.75. The average Bonchev–Trinajstić information content (AvgIpc) is 2.13. The Balaban J connectivity index is 3.85. The lowest BCUT2D eigenvalue weighted by Crippen LogP contribution is -2.36. The first-order chi connectivity index (χ1) is 6.95. The third-order valence-corrected chi connectivity index (χ3v) is 2.18. The monoisotopic (exact) mass is 213 g/mol. The van der Waals surface area contributed by atoms with Crippen LogP contribution in [-0.2, 0) is 9.59 Å². The molecule has 0 aromatic heterocycles. The Morgan fingerprint density at radius 3 is 2.20 bits per heavy atom. The average molecular weight is 213 g/mol. The van der Waals surface area contributed by atoms with Crippen molar-refractivity contribution in [1.29, 1.82) is 0 Å². The summed E-state index contributed by atoms with van der Waals surface area (Å²) in [6.07, 6.45) is 2.93. The van der Waals surface area contributed by atoms with Crippen molar-refractivity contribution >= 4 is 12.2 Å². The molecule has 0 fully saturated rings. The van der Waals surface area contributed by atoms with Gasteiger partial charge in [0, 0.05) is 6.42 Å². The number of hydrogen-bond donors (Lipinski definition) is 1. The fraction of sp³-hybridized carbons (Fsp3) is 0.833. The fourth-order valence-electron chi connectivity index (χ4n) is 1.36. The van der Waals surface area contributed by atoms with Gasteiger partial charge in [0.1, 0.15) is 6.29 Å². The number of rotatable bonds is 7. The van der Waals surface area contributed by atoms with Crippen molar-refractivity contribution in [3.63, 3.8) is 0 Å². The number of aldehydes is 1. The molecule has 0 aliphatic heterocycles. The highest BCUT2D eigenvalue weighted by Gasteiger charge is 2.12. The van der Waals surface area contributed by atoms with E-state index in [-0.39, 0.29) is 11.9 Å². The van der Waals surface area contributed by atoms with Gasteiger partial charge >= 0.3 is 0 Å². The largest absolute Gasteiger partial charge is 0.347 e. The highest BCUT2D eigenvalue weighted by Crippen LogP contribution is 2.05. The van der Waals surface area contributed by atoms with Crippen LogP contribution in [0.5, 0.6) is 0 Å². The van der Waals surface area contributed by atoms with Crippen molar-refractivity contribution in [2.24, 2.45) is 11.8 Å². The summed E-state index contributed by atoms with van der Waals surface area (Å²) >= 11 is 0. The van der Waals surface area contributed by atoms with Crippen molar-refractivity contribution in [2.45, 2.75) is 53.0 Å². The van der Waals surface area contributed by atoms with E-state index >= 15 is 0 Å². The van der Waals surface area contributed by atoms with Crippen LogP contribution in [0.2, 0.25) is 0 Å². The Morgan fingerprint density at radius 1 is 1.20 bits per heavy atom. The van der Waals surface area contributed by atoms with Gasteiger partial charge in [0.05, 0.1) is 6.04 Å². The maximum atomic E-state index is 11.4. The van der Waals surface area contributed by atoms with Gasteiger partial charge in [-0.15, -0.1) is 0 Å². The van der Waals surface area contributed by atoms with Crippen LogP contribution in [0, 0.1) is 11.8 Å². The predicted molar refractivity (Wildman–Crippen MR) is 61.5 cm³/mol. The van der Waals surface area contributed by atoms with Gasteiger partial charge in [-0.25, -0.2) is 0 Å². The number of nitrogens with one attached hydrogen (secondary N) is 1. The number of amides is 1. The molecule has 1 atom stereocenters. The lowest BCUT2D eigenvalue weighted by atomic mass is 10.0. The minimum absolute atomic E-state index is 0.0125. The van der Waals surface area contributed by atoms with E-state index in [1.807, 2.05) is 13.8 Å². The van der Waals surface area contributed by atoms with Gasteiger partial charge in [-0.2, -0.15) is 0 Å². The summed E-state index contributed by atoms with van der Waals surface area (Å²) in [5.41, 5.74) is 0. The van der Waals surface area contributed by atoms with Gasteiger partial charge in [0.15, 0.2) is 0 Å². The van der Waals surface area contributed by atoms with Crippen molar-refractivity contribution in [2.75, 3.05) is 0 Å². The molecular formula is C12H23NO2. The van der Waals surface area contributed by atoms with E-state index in [9.17, 15) is 9.59 Å². The lowest BCUT2D eigenvalue weighted by Gasteiger charge is -2.15. The van der Waals surface area contributed by atoms with Crippen molar-refractivity contribution in [3.05, 3.63) is 0 Å². The number of carbonyl (C=O) groups is 2. The van der Waals surface area contributed by atoms with Crippen LogP contribution in [0.25, 0.3) is 0 Å². The molecule has 0 heterocycles. The molecule has 0 aliphatic rings. The smallest absolute Gasteiger partial charge is 0.220 e. The summed E-state index contributed by atoms with van der Waals surface area (Å²) in [4.78, 5) is 22.1. The van der Waals surface area contributed by atoms with Gasteiger partial charge in [0.2, 0.25) is 5.91 Å². The van der Waals surface area contributed by atoms with Gasteiger partial charge in [-0.05, 0) is 24.7 Å².